The molecule has 0 rings (SSSR count). The number of rotatable bonds is 7. The Bertz CT molecular complexity index is 321. The summed E-state index contributed by atoms with van der Waals surface area (Å²) in [6.07, 6.45) is 1.17. The summed E-state index contributed by atoms with van der Waals surface area (Å²) in [4.78, 5) is 17.2. The van der Waals surface area contributed by atoms with E-state index in [0.717, 1.165) is 0 Å². The Balaban J connectivity index is 4.82. The zero-order valence-corrected chi connectivity index (χ0v) is 16.8. The smallest absolute Gasteiger partial charge is 0.303 e. The van der Waals surface area contributed by atoms with Gasteiger partial charge in [-0.1, -0.05) is 29.8 Å². The van der Waals surface area contributed by atoms with Crippen LogP contribution in [0.5, 0.6) is 0 Å². The summed E-state index contributed by atoms with van der Waals surface area (Å²) in [6.45, 7) is 3.56. The van der Waals surface area contributed by atoms with Gasteiger partial charge in [0.15, 0.2) is 3.42 Å². The Morgan fingerprint density at radius 3 is 2.06 bits per heavy atom. The molecule has 0 aromatic rings. The van der Waals surface area contributed by atoms with E-state index >= 15 is 0 Å². The van der Waals surface area contributed by atoms with Crippen LogP contribution in [0.2, 0.25) is 0 Å². The van der Waals surface area contributed by atoms with Gasteiger partial charge in [-0.3, -0.25) is 4.52 Å². The number of halogens is 5. The van der Waals surface area contributed by atoms with Crippen molar-refractivity contribution in [2.45, 2.75) is 39.8 Å². The van der Waals surface area contributed by atoms with Crippen molar-refractivity contribution in [2.75, 3.05) is 0 Å². The monoisotopic (exact) mass is 512 g/mol. The molecular weight excluding hydrogens is 502 g/mol. The van der Waals surface area contributed by atoms with Crippen LogP contribution in [0, 0.1) is 5.41 Å². The minimum absolute atomic E-state index is 0.129. The second-order valence-corrected chi connectivity index (χ2v) is 11.1. The molecule has 2 N–H and O–H groups in total. The molecule has 0 fully saturated rings. The van der Waals surface area contributed by atoms with E-state index < -0.39 is 21.5 Å². The fourth-order valence-corrected chi connectivity index (χ4v) is 4.75. The van der Waals surface area contributed by atoms with Crippen LogP contribution in [0.1, 0.15) is 26.7 Å². The molecule has 0 aromatic carbocycles. The van der Waals surface area contributed by atoms with Gasteiger partial charge in [-0.15, -0.1) is 23.2 Å². The summed E-state index contributed by atoms with van der Waals surface area (Å²) in [5.74, 6) is 0. The quantitative estimate of drug-likeness (QED) is 0.373. The normalized spacial score (nSPS) is 16.1. The van der Waals surface area contributed by atoms with Crippen LogP contribution in [-0.4, -0.2) is 22.9 Å². The highest BCUT2D eigenvalue weighted by atomic mass is 79.9. The van der Waals surface area contributed by atoms with E-state index in [1.54, 1.807) is 13.8 Å². The van der Waals surface area contributed by atoms with Gasteiger partial charge in [-0.05, 0) is 44.7 Å². The summed E-state index contributed by atoms with van der Waals surface area (Å²) in [5, 5.41) is 0. The van der Waals surface area contributed by atoms with Gasteiger partial charge in [0, 0.05) is 10.2 Å². The van der Waals surface area contributed by atoms with Crippen molar-refractivity contribution >= 4 is 78.8 Å². The fraction of sp³-hybridized carbons (Fsp3) is 1.00. The first-order valence-electron chi connectivity index (χ1n) is 4.86. The van der Waals surface area contributed by atoms with Crippen LogP contribution in [-0.2, 0) is 9.09 Å². The van der Waals surface area contributed by atoms with Crippen molar-refractivity contribution in [3.8, 4) is 0 Å². The number of phosphoric acid groups is 1. The van der Waals surface area contributed by atoms with Gasteiger partial charge in [0.05, 0.1) is 0 Å². The minimum atomic E-state index is -4.63. The second kappa shape index (κ2) is 7.41. The molecule has 0 aliphatic rings. The van der Waals surface area contributed by atoms with Crippen molar-refractivity contribution in [1.82, 2.24) is 0 Å². The van der Waals surface area contributed by atoms with Crippen molar-refractivity contribution in [3.63, 3.8) is 0 Å². The third-order valence-electron chi connectivity index (χ3n) is 2.41. The lowest BCUT2D eigenvalue weighted by Gasteiger charge is -2.41. The summed E-state index contributed by atoms with van der Waals surface area (Å²) in [5.41, 5.74) is -0.684. The molecule has 0 spiro atoms. The van der Waals surface area contributed by atoms with E-state index in [0.29, 0.717) is 12.8 Å². The summed E-state index contributed by atoms with van der Waals surface area (Å²) >= 11 is 21.1. The van der Waals surface area contributed by atoms with Gasteiger partial charge in [0.25, 0.3) is 0 Å². The van der Waals surface area contributed by atoms with Gasteiger partial charge in [0.2, 0.25) is 0 Å². The zero-order chi connectivity index (χ0) is 14.8. The Morgan fingerprint density at radius 1 is 1.28 bits per heavy atom. The molecular formula is C8H14Br3Cl2O4P. The van der Waals surface area contributed by atoms with Crippen LogP contribution in [0.15, 0.2) is 0 Å². The highest BCUT2D eigenvalue weighted by molar-refractivity contribution is 9.25. The average molecular weight is 516 g/mol. The number of alkyl halides is 5. The standard InChI is InChI=1S/C8H14Br3Cl2O4P/c1-7(2,5(9)3-4-6(12)13)8(10,11)17-18(14,15)16/h5-6H,3-4H2,1-2H3,(H2,14,15,16). The van der Waals surface area contributed by atoms with Gasteiger partial charge >= 0.3 is 7.82 Å². The van der Waals surface area contributed by atoms with Crippen molar-refractivity contribution in [1.29, 1.82) is 0 Å². The maximum absolute atomic E-state index is 10.9. The molecule has 0 aromatic heterocycles. The van der Waals surface area contributed by atoms with Crippen molar-refractivity contribution in [2.24, 2.45) is 5.41 Å². The lowest BCUT2D eigenvalue weighted by atomic mass is 9.88. The maximum Gasteiger partial charge on any atom is 0.471 e. The molecule has 1 atom stereocenters. The first kappa shape index (κ1) is 20.1. The number of hydrogen-bond acceptors (Lipinski definition) is 2. The highest BCUT2D eigenvalue weighted by Gasteiger charge is 2.50. The number of hydrogen-bond donors (Lipinski definition) is 2. The minimum Gasteiger partial charge on any atom is -0.303 e. The molecule has 0 amide bonds. The lowest BCUT2D eigenvalue weighted by molar-refractivity contribution is 0.0877. The second-order valence-electron chi connectivity index (χ2n) is 4.26. The largest absolute Gasteiger partial charge is 0.471 e. The molecule has 110 valence electrons. The van der Waals surface area contributed by atoms with Crippen LogP contribution in [0.3, 0.4) is 0 Å². The highest BCUT2D eigenvalue weighted by Crippen LogP contribution is 2.57. The molecule has 4 nitrogen and oxygen atoms in total. The Labute approximate surface area is 142 Å². The van der Waals surface area contributed by atoms with Crippen LogP contribution >= 0.6 is 78.8 Å². The van der Waals surface area contributed by atoms with Crippen molar-refractivity contribution in [3.05, 3.63) is 0 Å². The van der Waals surface area contributed by atoms with E-state index in [4.69, 9.17) is 37.5 Å². The molecule has 0 aliphatic carbocycles. The summed E-state index contributed by atoms with van der Waals surface area (Å²) in [7, 11) is -4.63. The molecule has 0 bridgehead atoms. The molecule has 0 saturated heterocycles. The molecule has 0 heterocycles. The third-order valence-corrected chi connectivity index (χ3v) is 7.82. The van der Waals surface area contributed by atoms with Crippen LogP contribution in [0.25, 0.3) is 0 Å². The number of phosphoric ester groups is 1. The Morgan fingerprint density at radius 2 is 1.72 bits per heavy atom. The van der Waals surface area contributed by atoms with E-state index in [1.165, 1.54) is 0 Å². The van der Waals surface area contributed by atoms with Gasteiger partial charge in [-0.2, -0.15) is 0 Å². The SMILES string of the molecule is CC(C)(C(Br)CCC(Cl)Cl)C(Br)(Br)OP(=O)(O)O. The van der Waals surface area contributed by atoms with Gasteiger partial charge in [-0.25, -0.2) is 4.57 Å². The molecule has 0 radical (unpaired) electrons. The molecule has 0 aliphatic heterocycles. The first-order valence-corrected chi connectivity index (χ1v) is 9.76. The van der Waals surface area contributed by atoms with Crippen LogP contribution < -0.4 is 0 Å². The Hall–Kier alpha value is 2.13. The molecule has 0 saturated carbocycles. The molecule has 10 heteroatoms. The first-order chi connectivity index (χ1) is 7.79. The predicted molar refractivity (Wildman–Crippen MR) is 84.9 cm³/mol. The maximum atomic E-state index is 10.9. The predicted octanol–water partition coefficient (Wildman–Crippen LogP) is 4.91. The fourth-order valence-electron chi connectivity index (χ4n) is 1.08. The Kier molecular flexibility index (Phi) is 8.29. The lowest BCUT2D eigenvalue weighted by Crippen LogP contribution is -2.42. The van der Waals surface area contributed by atoms with E-state index in [-0.39, 0.29) is 4.83 Å². The van der Waals surface area contributed by atoms with Crippen LogP contribution in [0.4, 0.5) is 0 Å². The topological polar surface area (TPSA) is 66.8 Å². The third kappa shape index (κ3) is 6.72. The average Bonchev–Trinajstić information content (AvgIpc) is 2.09. The molecule has 1 unspecified atom stereocenters. The molecule has 18 heavy (non-hydrogen) atoms. The summed E-state index contributed by atoms with van der Waals surface area (Å²) in [6, 6.07) is 0. The van der Waals surface area contributed by atoms with Gasteiger partial charge in [0.1, 0.15) is 4.84 Å². The van der Waals surface area contributed by atoms with Gasteiger partial charge < -0.3 is 9.79 Å². The van der Waals surface area contributed by atoms with Crippen molar-refractivity contribution < 1.29 is 18.9 Å². The van der Waals surface area contributed by atoms with E-state index in [2.05, 4.69) is 47.8 Å². The van der Waals surface area contributed by atoms with E-state index in [9.17, 15) is 4.57 Å². The summed E-state index contributed by atoms with van der Waals surface area (Å²) < 4.78 is 14.3. The van der Waals surface area contributed by atoms with E-state index in [1.807, 2.05) is 0 Å². The zero-order valence-electron chi connectivity index (χ0n) is 9.62.